The summed E-state index contributed by atoms with van der Waals surface area (Å²) in [5.41, 5.74) is 3.09. The van der Waals surface area contributed by atoms with Gasteiger partial charge in [0, 0.05) is 18.4 Å². The van der Waals surface area contributed by atoms with Crippen LogP contribution in [0.15, 0.2) is 61.7 Å². The smallest absolute Gasteiger partial charge is 0.308 e. The molecule has 0 aromatic heterocycles. The van der Waals surface area contributed by atoms with E-state index in [-0.39, 0.29) is 5.97 Å². The van der Waals surface area contributed by atoms with E-state index in [0.29, 0.717) is 11.6 Å². The van der Waals surface area contributed by atoms with Crippen molar-refractivity contribution in [2.45, 2.75) is 12.8 Å². The fourth-order valence-corrected chi connectivity index (χ4v) is 2.00. The van der Waals surface area contributed by atoms with Gasteiger partial charge in [0.15, 0.2) is 0 Å². The number of carbonyl (C=O) groups is 1. The lowest BCUT2D eigenvalue weighted by atomic mass is 10.1. The molecule has 3 heteroatoms. The predicted octanol–water partition coefficient (Wildman–Crippen LogP) is 5.32. The first-order valence-electron chi connectivity index (χ1n) is 6.78. The maximum Gasteiger partial charge on any atom is 0.308 e. The molecule has 114 valence electrons. The number of hydrogen-bond acceptors (Lipinski definition) is 2. The maximum absolute atomic E-state index is 10.6. The molecule has 0 aliphatic heterocycles. The highest BCUT2D eigenvalue weighted by molar-refractivity contribution is 6.17. The number of rotatable bonds is 4. The zero-order chi connectivity index (χ0) is 16.4. The van der Waals surface area contributed by atoms with Gasteiger partial charge in [-0.2, -0.15) is 0 Å². The van der Waals surface area contributed by atoms with Crippen molar-refractivity contribution < 1.29 is 9.53 Å². The monoisotopic (exact) mass is 314 g/mol. The Kier molecular flexibility index (Phi) is 7.73. The summed E-state index contributed by atoms with van der Waals surface area (Å²) in [4.78, 5) is 10.6. The Balaban J connectivity index is 0.000000224. The van der Waals surface area contributed by atoms with E-state index in [9.17, 15) is 4.79 Å². The number of hydrogen-bond donors (Lipinski definition) is 0. The van der Waals surface area contributed by atoms with Gasteiger partial charge in [-0.3, -0.25) is 4.79 Å². The van der Waals surface area contributed by atoms with Gasteiger partial charge >= 0.3 is 5.97 Å². The van der Waals surface area contributed by atoms with E-state index in [2.05, 4.69) is 13.2 Å². The van der Waals surface area contributed by atoms with Crippen LogP contribution in [0.3, 0.4) is 0 Å². The zero-order valence-electron chi connectivity index (χ0n) is 12.6. The van der Waals surface area contributed by atoms with E-state index in [1.165, 1.54) is 6.92 Å². The molecule has 0 atom stereocenters. The molecule has 0 radical (unpaired) electrons. The number of ether oxygens (including phenoxy) is 1. The first kappa shape index (κ1) is 17.7. The number of benzene rings is 2. The molecule has 2 rings (SSSR count). The summed E-state index contributed by atoms with van der Waals surface area (Å²) >= 11 is 5.66. The SMILES string of the molecule is C=Cc1ccccc1CCl.C=Cc1ccccc1OC(C)=O. The van der Waals surface area contributed by atoms with Gasteiger partial charge in [-0.15, -0.1) is 11.6 Å². The van der Waals surface area contributed by atoms with Crippen molar-refractivity contribution in [3.63, 3.8) is 0 Å². The summed E-state index contributed by atoms with van der Waals surface area (Å²) in [6.45, 7) is 8.66. The molecule has 0 spiro atoms. The van der Waals surface area contributed by atoms with Gasteiger partial charge in [0.05, 0.1) is 0 Å². The second kappa shape index (κ2) is 9.59. The largest absolute Gasteiger partial charge is 0.426 e. The van der Waals surface area contributed by atoms with Gasteiger partial charge in [-0.05, 0) is 17.2 Å². The summed E-state index contributed by atoms with van der Waals surface area (Å²) in [6.07, 6.45) is 3.47. The predicted molar refractivity (Wildman–Crippen MR) is 93.9 cm³/mol. The van der Waals surface area contributed by atoms with E-state index in [1.807, 2.05) is 48.5 Å². The highest BCUT2D eigenvalue weighted by Crippen LogP contribution is 2.18. The molecule has 0 aliphatic carbocycles. The van der Waals surface area contributed by atoms with Crippen LogP contribution in [0.25, 0.3) is 12.2 Å². The van der Waals surface area contributed by atoms with Gasteiger partial charge in [0.25, 0.3) is 0 Å². The van der Waals surface area contributed by atoms with Crippen LogP contribution in [-0.2, 0) is 10.7 Å². The normalized spacial score (nSPS) is 9.18. The molecule has 2 aromatic rings. The van der Waals surface area contributed by atoms with Crippen LogP contribution in [0.1, 0.15) is 23.6 Å². The Morgan fingerprint density at radius 2 is 1.59 bits per heavy atom. The molecule has 22 heavy (non-hydrogen) atoms. The number of carbonyl (C=O) groups excluding carboxylic acids is 1. The fourth-order valence-electron chi connectivity index (χ4n) is 1.75. The molecule has 0 unspecified atom stereocenters. The molecule has 0 N–H and O–H groups in total. The van der Waals surface area contributed by atoms with Gasteiger partial charge in [-0.25, -0.2) is 0 Å². The van der Waals surface area contributed by atoms with E-state index >= 15 is 0 Å². The topological polar surface area (TPSA) is 26.3 Å². The Labute approximate surface area is 136 Å². The molecule has 2 aromatic carbocycles. The number of alkyl halides is 1. The van der Waals surface area contributed by atoms with Crippen LogP contribution in [0.5, 0.6) is 5.75 Å². The lowest BCUT2D eigenvalue weighted by Crippen LogP contribution is -2.02. The Bertz CT molecular complexity index is 647. The van der Waals surface area contributed by atoms with Crippen LogP contribution >= 0.6 is 11.6 Å². The minimum absolute atomic E-state index is 0.315. The lowest BCUT2D eigenvalue weighted by molar-refractivity contribution is -0.131. The first-order valence-corrected chi connectivity index (χ1v) is 7.32. The minimum atomic E-state index is -0.315. The van der Waals surface area contributed by atoms with Crippen molar-refractivity contribution >= 4 is 29.7 Å². The summed E-state index contributed by atoms with van der Waals surface area (Å²) in [5, 5.41) is 0. The van der Waals surface area contributed by atoms with Gasteiger partial charge in [0.1, 0.15) is 5.75 Å². The third-order valence-corrected chi connectivity index (χ3v) is 3.10. The second-order valence-corrected chi connectivity index (χ2v) is 4.64. The van der Waals surface area contributed by atoms with Crippen LogP contribution in [0, 0.1) is 0 Å². The van der Waals surface area contributed by atoms with Crippen molar-refractivity contribution in [3.05, 3.63) is 78.4 Å². The first-order chi connectivity index (χ1) is 10.6. The molecule has 2 nitrogen and oxygen atoms in total. The third kappa shape index (κ3) is 5.58. The highest BCUT2D eigenvalue weighted by atomic mass is 35.5. The number of para-hydroxylation sites is 1. The molecular formula is C19H19ClO2. The Morgan fingerprint density at radius 3 is 2.09 bits per heavy atom. The molecule has 0 bridgehead atoms. The third-order valence-electron chi connectivity index (χ3n) is 2.81. The molecular weight excluding hydrogens is 296 g/mol. The quantitative estimate of drug-likeness (QED) is 0.433. The van der Waals surface area contributed by atoms with Crippen LogP contribution in [0.4, 0.5) is 0 Å². The fraction of sp³-hybridized carbons (Fsp3) is 0.105. The summed E-state index contributed by atoms with van der Waals surface area (Å²) < 4.78 is 4.93. The van der Waals surface area contributed by atoms with Crippen molar-refractivity contribution in [2.24, 2.45) is 0 Å². The number of esters is 1. The average molecular weight is 315 g/mol. The van der Waals surface area contributed by atoms with E-state index in [1.54, 1.807) is 12.1 Å². The molecule has 0 aliphatic rings. The van der Waals surface area contributed by atoms with Crippen LogP contribution < -0.4 is 4.74 Å². The Morgan fingerprint density at radius 1 is 1.05 bits per heavy atom. The highest BCUT2D eigenvalue weighted by Gasteiger charge is 2.00. The van der Waals surface area contributed by atoms with Crippen molar-refractivity contribution in [1.29, 1.82) is 0 Å². The van der Waals surface area contributed by atoms with E-state index < -0.39 is 0 Å². The Hall–Kier alpha value is -2.32. The average Bonchev–Trinajstić information content (AvgIpc) is 2.55. The second-order valence-electron chi connectivity index (χ2n) is 4.37. The van der Waals surface area contributed by atoms with Crippen LogP contribution in [-0.4, -0.2) is 5.97 Å². The van der Waals surface area contributed by atoms with E-state index in [0.717, 1.165) is 16.7 Å². The number of halogens is 1. The summed E-state index contributed by atoms with van der Waals surface area (Å²) in [7, 11) is 0. The molecule has 0 saturated carbocycles. The van der Waals surface area contributed by atoms with E-state index in [4.69, 9.17) is 16.3 Å². The lowest BCUT2D eigenvalue weighted by Gasteiger charge is -2.03. The zero-order valence-corrected chi connectivity index (χ0v) is 13.3. The maximum atomic E-state index is 10.6. The van der Waals surface area contributed by atoms with Gasteiger partial charge < -0.3 is 4.74 Å². The summed E-state index contributed by atoms with van der Waals surface area (Å²) in [5.74, 6) is 0.798. The molecule has 0 fully saturated rings. The van der Waals surface area contributed by atoms with Gasteiger partial charge in [-0.1, -0.05) is 67.8 Å². The van der Waals surface area contributed by atoms with Crippen molar-refractivity contribution in [2.75, 3.05) is 0 Å². The van der Waals surface area contributed by atoms with Crippen molar-refractivity contribution in [3.8, 4) is 5.75 Å². The van der Waals surface area contributed by atoms with Crippen LogP contribution in [0.2, 0.25) is 0 Å². The summed E-state index contributed by atoms with van der Waals surface area (Å²) in [6, 6.07) is 15.2. The standard InChI is InChI=1S/C10H10O2.C9H9Cl/c1-3-9-6-4-5-7-10(9)12-8(2)11;1-2-8-5-3-4-6-9(8)7-10/h3-7H,1H2,2H3;2-6H,1,7H2. The molecule has 0 heterocycles. The minimum Gasteiger partial charge on any atom is -0.426 e. The van der Waals surface area contributed by atoms with Crippen molar-refractivity contribution in [1.82, 2.24) is 0 Å². The molecule has 0 amide bonds. The van der Waals surface area contributed by atoms with Gasteiger partial charge in [0.2, 0.25) is 0 Å². The molecule has 0 saturated heterocycles.